The summed E-state index contributed by atoms with van der Waals surface area (Å²) in [7, 11) is 0. The maximum Gasteiger partial charge on any atom is 0.238 e. The van der Waals surface area contributed by atoms with Crippen molar-refractivity contribution in [1.29, 1.82) is 0 Å². The third kappa shape index (κ3) is 1.66. The SMILES string of the molecule is CCOc1ccc(N2C(=O)[C@H]3[C@H]4C=C[C@@H]([C@@H]5C[C@H]45)[C@@H]3C2=O)cc1. The minimum absolute atomic E-state index is 0.00569. The van der Waals surface area contributed by atoms with E-state index in [0.29, 0.717) is 24.1 Å². The van der Waals surface area contributed by atoms with Crippen LogP contribution in [0.5, 0.6) is 5.75 Å². The molecule has 4 aliphatic carbocycles. The van der Waals surface area contributed by atoms with Gasteiger partial charge in [-0.05, 0) is 61.3 Å². The van der Waals surface area contributed by atoms with E-state index in [1.54, 1.807) is 0 Å². The highest BCUT2D eigenvalue weighted by Gasteiger charge is 2.67. The topological polar surface area (TPSA) is 46.6 Å². The molecule has 0 unspecified atom stereocenters. The van der Waals surface area contributed by atoms with Gasteiger partial charge < -0.3 is 4.74 Å². The van der Waals surface area contributed by atoms with E-state index in [1.165, 1.54) is 11.3 Å². The highest BCUT2D eigenvalue weighted by Crippen LogP contribution is 2.65. The molecule has 1 aromatic rings. The van der Waals surface area contributed by atoms with Gasteiger partial charge in [-0.25, -0.2) is 0 Å². The largest absolute Gasteiger partial charge is 0.494 e. The molecule has 23 heavy (non-hydrogen) atoms. The molecule has 3 fully saturated rings. The van der Waals surface area contributed by atoms with E-state index < -0.39 is 0 Å². The Morgan fingerprint density at radius 3 is 2.09 bits per heavy atom. The number of anilines is 1. The molecule has 1 heterocycles. The Bertz CT molecular complexity index is 687. The normalized spacial score (nSPS) is 39.4. The van der Waals surface area contributed by atoms with Gasteiger partial charge in [0.15, 0.2) is 0 Å². The second-order valence-electron chi connectivity index (χ2n) is 7.09. The van der Waals surface area contributed by atoms with Crippen LogP contribution in [0.2, 0.25) is 0 Å². The number of benzene rings is 1. The van der Waals surface area contributed by atoms with Gasteiger partial charge in [-0.1, -0.05) is 12.2 Å². The number of hydrogen-bond acceptors (Lipinski definition) is 3. The fourth-order valence-corrected chi connectivity index (χ4v) is 5.07. The van der Waals surface area contributed by atoms with E-state index in [4.69, 9.17) is 4.74 Å². The van der Waals surface area contributed by atoms with Gasteiger partial charge >= 0.3 is 0 Å². The van der Waals surface area contributed by atoms with E-state index >= 15 is 0 Å². The molecule has 0 N–H and O–H groups in total. The zero-order valence-electron chi connectivity index (χ0n) is 13.0. The Hall–Kier alpha value is -2.10. The van der Waals surface area contributed by atoms with Crippen LogP contribution in [-0.2, 0) is 9.59 Å². The molecule has 0 radical (unpaired) electrons. The summed E-state index contributed by atoms with van der Waals surface area (Å²) in [6, 6.07) is 7.28. The van der Waals surface area contributed by atoms with Crippen LogP contribution in [0.3, 0.4) is 0 Å². The summed E-state index contributed by atoms with van der Waals surface area (Å²) in [5, 5.41) is 0. The third-order valence-corrected chi connectivity index (χ3v) is 6.07. The molecule has 0 spiro atoms. The third-order valence-electron chi connectivity index (χ3n) is 6.07. The number of ether oxygens (including phenoxy) is 1. The Labute approximate surface area is 135 Å². The Morgan fingerprint density at radius 1 is 1.00 bits per heavy atom. The lowest BCUT2D eigenvalue weighted by atomic mass is 9.63. The van der Waals surface area contributed by atoms with Gasteiger partial charge in [0, 0.05) is 0 Å². The van der Waals surface area contributed by atoms with Crippen LogP contribution in [0.1, 0.15) is 13.3 Å². The molecule has 1 aliphatic heterocycles. The lowest BCUT2D eigenvalue weighted by Gasteiger charge is -2.37. The molecular formula is C19H19NO3. The van der Waals surface area contributed by atoms with Crippen molar-refractivity contribution < 1.29 is 14.3 Å². The molecule has 2 saturated carbocycles. The van der Waals surface area contributed by atoms with E-state index in [0.717, 1.165) is 5.75 Å². The summed E-state index contributed by atoms with van der Waals surface area (Å²) >= 11 is 0. The number of imide groups is 1. The highest BCUT2D eigenvalue weighted by molar-refractivity contribution is 6.22. The summed E-state index contributed by atoms with van der Waals surface area (Å²) in [6.45, 7) is 2.53. The van der Waals surface area contributed by atoms with Crippen LogP contribution in [0, 0.1) is 35.5 Å². The molecule has 0 aromatic heterocycles. The molecule has 1 aromatic carbocycles. The molecule has 118 valence electrons. The van der Waals surface area contributed by atoms with Crippen molar-refractivity contribution in [3.8, 4) is 5.75 Å². The molecular weight excluding hydrogens is 290 g/mol. The van der Waals surface area contributed by atoms with Crippen molar-refractivity contribution in [2.24, 2.45) is 35.5 Å². The summed E-state index contributed by atoms with van der Waals surface area (Å²) in [5.41, 5.74) is 0.672. The molecule has 1 saturated heterocycles. The second kappa shape index (κ2) is 4.47. The molecule has 6 atom stereocenters. The monoisotopic (exact) mass is 309 g/mol. The van der Waals surface area contributed by atoms with Crippen molar-refractivity contribution in [1.82, 2.24) is 0 Å². The average molecular weight is 309 g/mol. The van der Waals surface area contributed by atoms with Gasteiger partial charge in [-0.2, -0.15) is 0 Å². The predicted octanol–water partition coefficient (Wildman–Crippen LogP) is 2.64. The first-order valence-corrected chi connectivity index (χ1v) is 8.49. The number of carbonyl (C=O) groups is 2. The Balaban J connectivity index is 1.49. The first-order valence-electron chi connectivity index (χ1n) is 8.49. The van der Waals surface area contributed by atoms with Crippen LogP contribution in [0.4, 0.5) is 5.69 Å². The highest BCUT2D eigenvalue weighted by atomic mass is 16.5. The van der Waals surface area contributed by atoms with E-state index in [-0.39, 0.29) is 35.5 Å². The number of allylic oxidation sites excluding steroid dienone is 2. The quantitative estimate of drug-likeness (QED) is 0.637. The predicted molar refractivity (Wildman–Crippen MR) is 84.8 cm³/mol. The molecule has 2 bridgehead atoms. The van der Waals surface area contributed by atoms with E-state index in [2.05, 4.69) is 12.2 Å². The summed E-state index contributed by atoms with van der Waals surface area (Å²) in [4.78, 5) is 27.3. The molecule has 5 aliphatic rings. The Kier molecular flexibility index (Phi) is 2.59. The zero-order chi connectivity index (χ0) is 15.7. The van der Waals surface area contributed by atoms with Crippen molar-refractivity contribution >= 4 is 17.5 Å². The fourth-order valence-electron chi connectivity index (χ4n) is 5.07. The molecule has 4 nitrogen and oxygen atoms in total. The average Bonchev–Trinajstić information content (AvgIpc) is 3.34. The fraction of sp³-hybridized carbons (Fsp3) is 0.474. The zero-order valence-corrected chi connectivity index (χ0v) is 13.0. The molecule has 2 amide bonds. The van der Waals surface area contributed by atoms with Gasteiger partial charge in [-0.3, -0.25) is 14.5 Å². The Morgan fingerprint density at radius 2 is 1.57 bits per heavy atom. The van der Waals surface area contributed by atoms with Crippen molar-refractivity contribution in [2.45, 2.75) is 13.3 Å². The van der Waals surface area contributed by atoms with E-state index in [9.17, 15) is 9.59 Å². The first-order chi connectivity index (χ1) is 11.2. The summed E-state index contributed by atoms with van der Waals surface area (Å²) in [5.74, 6) is 2.32. The minimum atomic E-state index is -0.132. The number of nitrogens with zero attached hydrogens (tertiary/aromatic N) is 1. The van der Waals surface area contributed by atoms with Gasteiger partial charge in [0.2, 0.25) is 11.8 Å². The minimum Gasteiger partial charge on any atom is -0.494 e. The lowest BCUT2D eigenvalue weighted by molar-refractivity contribution is -0.124. The standard InChI is InChI=1S/C19H19NO3/c1-2-23-11-5-3-10(4-6-11)20-18(21)16-12-7-8-13(15-9-14(12)15)17(16)19(20)22/h3-8,12-17H,2,9H2,1H3/t12-,13-,14-,15+,16-,17-/m0/s1. The number of rotatable bonds is 3. The van der Waals surface area contributed by atoms with Gasteiger partial charge in [0.1, 0.15) is 5.75 Å². The maximum absolute atomic E-state index is 13.0. The first kappa shape index (κ1) is 13.3. The molecule has 6 rings (SSSR count). The maximum atomic E-state index is 13.0. The smallest absolute Gasteiger partial charge is 0.238 e. The van der Waals surface area contributed by atoms with Crippen LogP contribution in [0.15, 0.2) is 36.4 Å². The summed E-state index contributed by atoms with van der Waals surface area (Å²) < 4.78 is 5.44. The van der Waals surface area contributed by atoms with Gasteiger partial charge in [-0.15, -0.1) is 0 Å². The van der Waals surface area contributed by atoms with Crippen LogP contribution in [0.25, 0.3) is 0 Å². The van der Waals surface area contributed by atoms with E-state index in [1.807, 2.05) is 31.2 Å². The van der Waals surface area contributed by atoms with Crippen LogP contribution in [-0.4, -0.2) is 18.4 Å². The summed E-state index contributed by atoms with van der Waals surface area (Å²) in [6.07, 6.45) is 5.60. The van der Waals surface area contributed by atoms with Gasteiger partial charge in [0.05, 0.1) is 24.1 Å². The number of amides is 2. The number of hydrogen-bond donors (Lipinski definition) is 0. The van der Waals surface area contributed by atoms with Crippen molar-refractivity contribution in [3.63, 3.8) is 0 Å². The van der Waals surface area contributed by atoms with Crippen molar-refractivity contribution in [2.75, 3.05) is 11.5 Å². The second-order valence-corrected chi connectivity index (χ2v) is 7.09. The van der Waals surface area contributed by atoms with Crippen LogP contribution >= 0.6 is 0 Å². The van der Waals surface area contributed by atoms with Crippen LogP contribution < -0.4 is 9.64 Å². The van der Waals surface area contributed by atoms with Crippen molar-refractivity contribution in [3.05, 3.63) is 36.4 Å². The number of carbonyl (C=O) groups excluding carboxylic acids is 2. The lowest BCUT2D eigenvalue weighted by Crippen LogP contribution is -2.40. The van der Waals surface area contributed by atoms with Gasteiger partial charge in [0.25, 0.3) is 0 Å². The molecule has 4 heteroatoms.